The molecule has 0 heterocycles. The van der Waals surface area contributed by atoms with Crippen molar-refractivity contribution < 1.29 is 29.0 Å². The SMILES string of the molecule is CC(C)C1=C2C3CCC4C(C)(CCC5C4(C)CC[C@H](OC(=O)CC(C)(C)C=O)C5(C)C)C3CC[C@@]2(C)CC1=O.CC(C)NC=O.CO. The summed E-state index contributed by atoms with van der Waals surface area (Å²) >= 11 is 0. The number of ether oxygens (including phenoxy) is 1. The molecule has 0 aliphatic heterocycles. The van der Waals surface area contributed by atoms with Crippen molar-refractivity contribution in [1.29, 1.82) is 0 Å². The van der Waals surface area contributed by atoms with Gasteiger partial charge in [0, 0.05) is 30.4 Å². The number of aliphatic hydroxyl groups is 1. The lowest BCUT2D eigenvalue weighted by atomic mass is 9.36. The van der Waals surface area contributed by atoms with E-state index in [2.05, 4.69) is 53.8 Å². The molecule has 4 fully saturated rings. The van der Waals surface area contributed by atoms with Crippen molar-refractivity contribution in [3.63, 3.8) is 0 Å². The minimum Gasteiger partial charge on any atom is -0.462 e. The van der Waals surface area contributed by atoms with E-state index in [1.807, 2.05) is 13.8 Å². The predicted octanol–water partition coefficient (Wildman–Crippen LogP) is 7.87. The van der Waals surface area contributed by atoms with Crippen LogP contribution in [0.4, 0.5) is 0 Å². The molecular formula is C40H67NO6. The molecule has 0 saturated heterocycles. The minimum atomic E-state index is -0.680. The van der Waals surface area contributed by atoms with Gasteiger partial charge in [-0.05, 0) is 117 Å². The van der Waals surface area contributed by atoms with Crippen LogP contribution in [0.25, 0.3) is 0 Å². The summed E-state index contributed by atoms with van der Waals surface area (Å²) in [6.45, 7) is 24.1. The number of Topliss-reactive ketones (excluding diaryl/α,β-unsaturated/α-hetero) is 1. The molecule has 47 heavy (non-hydrogen) atoms. The second kappa shape index (κ2) is 14.5. The predicted molar refractivity (Wildman–Crippen MR) is 187 cm³/mol. The van der Waals surface area contributed by atoms with Gasteiger partial charge in [-0.1, -0.05) is 67.9 Å². The second-order valence-corrected chi connectivity index (χ2v) is 18.2. The molecule has 8 atom stereocenters. The standard InChI is InChI=1S/C35H54O4.C4H9NO.CH4O/c1-21(2)29-24(37)18-33(7)15-12-23-22(30(29)33)10-11-26-34(23,8)16-13-25-32(5,6)27(14-17-35(25,26)9)39-28(38)19-31(3,4)20-36;1-4(2)5-3-6;1-2/h20-23,25-27H,10-19H2,1-9H3;3-4H,1-2H3,(H,5,6);2H,1H3/t22?,23?,25?,26?,27-,33-,34?,35?;;/m0../s1. The number of fused-ring (bicyclic) bond motifs is 7. The average molecular weight is 658 g/mol. The number of carbonyl (C=O) groups excluding carboxylic acids is 4. The van der Waals surface area contributed by atoms with Crippen molar-refractivity contribution in [3.8, 4) is 0 Å². The van der Waals surface area contributed by atoms with Crippen LogP contribution in [0, 0.1) is 56.7 Å². The maximum absolute atomic E-state index is 13.2. The first-order valence-corrected chi connectivity index (χ1v) is 18.4. The summed E-state index contributed by atoms with van der Waals surface area (Å²) in [6, 6.07) is 0.280. The zero-order valence-electron chi connectivity index (χ0n) is 31.8. The summed E-state index contributed by atoms with van der Waals surface area (Å²) in [6.07, 6.45) is 11.7. The van der Waals surface area contributed by atoms with Crippen LogP contribution < -0.4 is 5.32 Å². The molecule has 1 amide bonds. The molecule has 2 N–H and O–H groups in total. The summed E-state index contributed by atoms with van der Waals surface area (Å²) in [5, 5.41) is 9.53. The molecule has 0 bridgehead atoms. The summed E-state index contributed by atoms with van der Waals surface area (Å²) in [7, 11) is 1.00. The fourth-order valence-corrected chi connectivity index (χ4v) is 11.5. The summed E-state index contributed by atoms with van der Waals surface area (Å²) < 4.78 is 6.15. The van der Waals surface area contributed by atoms with Gasteiger partial charge < -0.3 is 20.0 Å². The van der Waals surface area contributed by atoms with Gasteiger partial charge in [0.2, 0.25) is 6.41 Å². The Hall–Kier alpha value is -2.02. The van der Waals surface area contributed by atoms with Crippen LogP contribution in [-0.4, -0.2) is 48.8 Å². The Bertz CT molecular complexity index is 1200. The van der Waals surface area contributed by atoms with Crippen LogP contribution in [0.15, 0.2) is 11.1 Å². The first-order chi connectivity index (χ1) is 21.8. The van der Waals surface area contributed by atoms with E-state index in [0.29, 0.717) is 47.2 Å². The van der Waals surface area contributed by atoms with Gasteiger partial charge in [0.1, 0.15) is 12.4 Å². The number of hydrogen-bond acceptors (Lipinski definition) is 6. The highest BCUT2D eigenvalue weighted by Crippen LogP contribution is 2.73. The number of allylic oxidation sites excluding steroid dienone is 2. The first-order valence-electron chi connectivity index (χ1n) is 18.4. The maximum atomic E-state index is 13.2. The molecule has 7 heteroatoms. The number of aliphatic hydroxyl groups excluding tert-OH is 1. The van der Waals surface area contributed by atoms with Gasteiger partial charge >= 0.3 is 5.97 Å². The van der Waals surface area contributed by atoms with E-state index in [1.165, 1.54) is 37.7 Å². The fourth-order valence-electron chi connectivity index (χ4n) is 11.5. The van der Waals surface area contributed by atoms with E-state index >= 15 is 0 Å². The molecule has 7 nitrogen and oxygen atoms in total. The van der Waals surface area contributed by atoms with Crippen molar-refractivity contribution in [2.75, 3.05) is 7.11 Å². The van der Waals surface area contributed by atoms with Crippen molar-refractivity contribution in [2.24, 2.45) is 56.7 Å². The molecule has 5 aliphatic rings. The van der Waals surface area contributed by atoms with Gasteiger partial charge in [-0.15, -0.1) is 0 Å². The van der Waals surface area contributed by atoms with Gasteiger partial charge in [-0.25, -0.2) is 0 Å². The largest absolute Gasteiger partial charge is 0.462 e. The average Bonchev–Trinajstić information content (AvgIpc) is 3.25. The molecule has 4 saturated carbocycles. The molecule has 5 aliphatic carbocycles. The number of aldehydes is 1. The number of hydrogen-bond donors (Lipinski definition) is 2. The highest BCUT2D eigenvalue weighted by molar-refractivity contribution is 6.00. The Kier molecular flexibility index (Phi) is 12.1. The quantitative estimate of drug-likeness (QED) is 0.213. The number of rotatable bonds is 7. The van der Waals surface area contributed by atoms with Crippen LogP contribution in [-0.2, 0) is 23.9 Å². The monoisotopic (exact) mass is 657 g/mol. The summed E-state index contributed by atoms with van der Waals surface area (Å²) in [4.78, 5) is 47.0. The smallest absolute Gasteiger partial charge is 0.307 e. The van der Waals surface area contributed by atoms with Gasteiger partial charge in [-0.3, -0.25) is 14.4 Å². The van der Waals surface area contributed by atoms with Gasteiger partial charge in [0.05, 0.1) is 6.42 Å². The molecule has 0 aromatic rings. The maximum Gasteiger partial charge on any atom is 0.307 e. The van der Waals surface area contributed by atoms with Crippen LogP contribution in [0.3, 0.4) is 0 Å². The lowest BCUT2D eigenvalue weighted by Gasteiger charge is -2.68. The molecule has 0 spiro atoms. The highest BCUT2D eigenvalue weighted by Gasteiger charge is 2.66. The number of esters is 1. The van der Waals surface area contributed by atoms with Crippen LogP contribution in [0.2, 0.25) is 0 Å². The Balaban J connectivity index is 0.000000676. The zero-order valence-corrected chi connectivity index (χ0v) is 31.8. The molecule has 268 valence electrons. The van der Waals surface area contributed by atoms with Crippen LogP contribution in [0.5, 0.6) is 0 Å². The molecule has 0 aromatic heterocycles. The third-order valence-electron chi connectivity index (χ3n) is 13.5. The molecule has 5 rings (SSSR count). The van der Waals surface area contributed by atoms with Crippen molar-refractivity contribution >= 4 is 24.4 Å². The minimum absolute atomic E-state index is 0.0878. The van der Waals surface area contributed by atoms with E-state index in [4.69, 9.17) is 9.84 Å². The Labute approximate surface area is 285 Å². The van der Waals surface area contributed by atoms with Crippen molar-refractivity contribution in [3.05, 3.63) is 11.1 Å². The third-order valence-corrected chi connectivity index (χ3v) is 13.5. The molecule has 6 unspecified atom stereocenters. The fraction of sp³-hybridized carbons (Fsp3) is 0.850. The highest BCUT2D eigenvalue weighted by atomic mass is 16.5. The van der Waals surface area contributed by atoms with Crippen LogP contribution in [0.1, 0.15) is 140 Å². The van der Waals surface area contributed by atoms with Crippen molar-refractivity contribution in [1.82, 2.24) is 5.32 Å². The van der Waals surface area contributed by atoms with Gasteiger partial charge in [0.25, 0.3) is 0 Å². The normalized spacial score (nSPS) is 37.2. The van der Waals surface area contributed by atoms with Gasteiger partial charge in [0.15, 0.2) is 5.78 Å². The second-order valence-electron chi connectivity index (χ2n) is 18.2. The molecule has 0 radical (unpaired) electrons. The zero-order chi connectivity index (χ0) is 35.8. The van der Waals surface area contributed by atoms with Crippen LogP contribution >= 0.6 is 0 Å². The Morgan fingerprint density at radius 1 is 0.915 bits per heavy atom. The Morgan fingerprint density at radius 2 is 1.53 bits per heavy atom. The number of carbonyl (C=O) groups is 4. The third kappa shape index (κ3) is 7.31. The van der Waals surface area contributed by atoms with E-state index in [1.54, 1.807) is 19.4 Å². The molecular weight excluding hydrogens is 590 g/mol. The topological polar surface area (TPSA) is 110 Å². The number of nitrogens with one attached hydrogen (secondary N) is 1. The van der Waals surface area contributed by atoms with E-state index in [-0.39, 0.29) is 40.8 Å². The van der Waals surface area contributed by atoms with Crippen molar-refractivity contribution in [2.45, 2.75) is 153 Å². The molecule has 0 aromatic carbocycles. The number of amides is 1. The lowest BCUT2D eigenvalue weighted by molar-refractivity contribution is -0.213. The van der Waals surface area contributed by atoms with Gasteiger partial charge in [-0.2, -0.15) is 0 Å². The lowest BCUT2D eigenvalue weighted by Crippen LogP contribution is -2.62. The van der Waals surface area contributed by atoms with E-state index < -0.39 is 5.41 Å². The first kappa shape index (κ1) is 39.4. The van der Waals surface area contributed by atoms with E-state index in [0.717, 1.165) is 39.1 Å². The Morgan fingerprint density at radius 3 is 2.06 bits per heavy atom. The van der Waals surface area contributed by atoms with E-state index in [9.17, 15) is 19.2 Å². The summed E-state index contributed by atoms with van der Waals surface area (Å²) in [5.74, 6) is 2.93. The summed E-state index contributed by atoms with van der Waals surface area (Å²) in [5.41, 5.74) is 2.60. The number of ketones is 1.